The maximum absolute atomic E-state index is 11.3. The van der Waals surface area contributed by atoms with Crippen molar-refractivity contribution in [1.29, 1.82) is 0 Å². The van der Waals surface area contributed by atoms with E-state index in [1.807, 2.05) is 0 Å². The summed E-state index contributed by atoms with van der Waals surface area (Å²) in [6.07, 6.45) is 1.20. The summed E-state index contributed by atoms with van der Waals surface area (Å²) in [7, 11) is 4.30. The molecule has 2 rings (SSSR count). The van der Waals surface area contributed by atoms with Gasteiger partial charge in [0.1, 0.15) is 17.8 Å². The molecule has 0 N–H and O–H groups in total. The number of ether oxygens (including phenoxy) is 3. The fraction of sp³-hybridized carbons (Fsp3) is 0.231. The predicted molar refractivity (Wildman–Crippen MR) is 73.8 cm³/mol. The van der Waals surface area contributed by atoms with E-state index in [0.717, 1.165) is 0 Å². The Balaban J connectivity index is 2.69. The van der Waals surface area contributed by atoms with Crippen molar-refractivity contribution in [2.45, 2.75) is 0 Å². The van der Waals surface area contributed by atoms with Gasteiger partial charge < -0.3 is 14.2 Å². The normalized spacial score (nSPS) is 10.0. The van der Waals surface area contributed by atoms with Gasteiger partial charge in [0.15, 0.2) is 5.69 Å². The lowest BCUT2D eigenvalue weighted by Gasteiger charge is -2.09. The highest BCUT2D eigenvalue weighted by Gasteiger charge is 2.25. The molecule has 8 nitrogen and oxygen atoms in total. The van der Waals surface area contributed by atoms with Crippen LogP contribution in [0.1, 0.15) is 0 Å². The average Bonchev–Trinajstić information content (AvgIpc) is 2.53. The molecule has 0 aliphatic carbocycles. The van der Waals surface area contributed by atoms with Crippen LogP contribution in [-0.4, -0.2) is 36.2 Å². The maximum Gasteiger partial charge on any atom is 0.356 e. The van der Waals surface area contributed by atoms with Gasteiger partial charge in [-0.2, -0.15) is 4.98 Å². The van der Waals surface area contributed by atoms with Crippen molar-refractivity contribution in [3.63, 3.8) is 0 Å². The van der Waals surface area contributed by atoms with Crippen LogP contribution in [0.5, 0.6) is 17.4 Å². The highest BCUT2D eigenvalue weighted by Crippen LogP contribution is 2.37. The Kier molecular flexibility index (Phi) is 4.17. The number of benzene rings is 1. The summed E-state index contributed by atoms with van der Waals surface area (Å²) in [6.45, 7) is 0. The Labute approximate surface area is 120 Å². The first kappa shape index (κ1) is 14.5. The fourth-order valence-electron chi connectivity index (χ4n) is 1.83. The SMILES string of the molecule is COc1cc(OC)cc(-c2ncnc(OC)c2[N+](=O)[O-])c1. The van der Waals surface area contributed by atoms with Crippen LogP contribution in [0.15, 0.2) is 24.5 Å². The van der Waals surface area contributed by atoms with E-state index in [4.69, 9.17) is 14.2 Å². The van der Waals surface area contributed by atoms with Crippen molar-refractivity contribution < 1.29 is 19.1 Å². The monoisotopic (exact) mass is 291 g/mol. The second kappa shape index (κ2) is 6.04. The number of nitro groups is 1. The molecule has 0 aliphatic rings. The van der Waals surface area contributed by atoms with Gasteiger partial charge in [-0.15, -0.1) is 0 Å². The molecule has 8 heteroatoms. The predicted octanol–water partition coefficient (Wildman–Crippen LogP) is 2.08. The molecule has 0 spiro atoms. The Bertz CT molecular complexity index is 653. The molecule has 0 fully saturated rings. The first-order chi connectivity index (χ1) is 10.1. The van der Waals surface area contributed by atoms with E-state index in [-0.39, 0.29) is 17.3 Å². The molecule has 1 heterocycles. The number of aromatic nitrogens is 2. The lowest BCUT2D eigenvalue weighted by atomic mass is 10.1. The Morgan fingerprint density at radius 2 is 1.62 bits per heavy atom. The lowest BCUT2D eigenvalue weighted by molar-refractivity contribution is -0.385. The van der Waals surface area contributed by atoms with Crippen molar-refractivity contribution in [1.82, 2.24) is 9.97 Å². The molecule has 0 saturated carbocycles. The zero-order chi connectivity index (χ0) is 15.4. The van der Waals surface area contributed by atoms with E-state index in [0.29, 0.717) is 17.1 Å². The van der Waals surface area contributed by atoms with Gasteiger partial charge in [0, 0.05) is 11.6 Å². The summed E-state index contributed by atoms with van der Waals surface area (Å²) in [6, 6.07) is 4.91. The van der Waals surface area contributed by atoms with Gasteiger partial charge in [-0.3, -0.25) is 10.1 Å². The molecule has 1 aromatic heterocycles. The van der Waals surface area contributed by atoms with Crippen LogP contribution in [-0.2, 0) is 0 Å². The van der Waals surface area contributed by atoms with E-state index in [2.05, 4.69) is 9.97 Å². The molecule has 0 amide bonds. The second-order valence-electron chi connectivity index (χ2n) is 3.94. The highest BCUT2D eigenvalue weighted by atomic mass is 16.6. The molecule has 0 aliphatic heterocycles. The summed E-state index contributed by atoms with van der Waals surface area (Å²) in [5.74, 6) is 0.888. The zero-order valence-corrected chi connectivity index (χ0v) is 11.7. The van der Waals surface area contributed by atoms with E-state index in [1.54, 1.807) is 18.2 Å². The van der Waals surface area contributed by atoms with Crippen molar-refractivity contribution in [3.8, 4) is 28.6 Å². The van der Waals surface area contributed by atoms with Crippen LogP contribution in [0, 0.1) is 10.1 Å². The lowest BCUT2D eigenvalue weighted by Crippen LogP contribution is -2.01. The Morgan fingerprint density at radius 1 is 1.00 bits per heavy atom. The van der Waals surface area contributed by atoms with Crippen LogP contribution in [0.2, 0.25) is 0 Å². The number of hydrogen-bond acceptors (Lipinski definition) is 7. The van der Waals surface area contributed by atoms with E-state index < -0.39 is 4.92 Å². The summed E-state index contributed by atoms with van der Waals surface area (Å²) in [5.41, 5.74) is 0.290. The Morgan fingerprint density at radius 3 is 2.10 bits per heavy atom. The highest BCUT2D eigenvalue weighted by molar-refractivity contribution is 5.74. The van der Waals surface area contributed by atoms with Crippen molar-refractivity contribution in [3.05, 3.63) is 34.6 Å². The first-order valence-electron chi connectivity index (χ1n) is 5.87. The molecular formula is C13H13N3O5. The van der Waals surface area contributed by atoms with Crippen LogP contribution in [0.25, 0.3) is 11.3 Å². The molecule has 2 aromatic rings. The molecular weight excluding hydrogens is 278 g/mol. The van der Waals surface area contributed by atoms with Crippen LogP contribution in [0.4, 0.5) is 5.69 Å². The minimum absolute atomic E-state index is 0.105. The average molecular weight is 291 g/mol. The number of rotatable bonds is 5. The Hall–Kier alpha value is -2.90. The third kappa shape index (κ3) is 2.83. The van der Waals surface area contributed by atoms with E-state index >= 15 is 0 Å². The zero-order valence-electron chi connectivity index (χ0n) is 11.7. The largest absolute Gasteiger partial charge is 0.497 e. The van der Waals surface area contributed by atoms with Crippen molar-refractivity contribution in [2.75, 3.05) is 21.3 Å². The summed E-state index contributed by atoms with van der Waals surface area (Å²) in [5, 5.41) is 11.3. The molecule has 21 heavy (non-hydrogen) atoms. The summed E-state index contributed by atoms with van der Waals surface area (Å²) >= 11 is 0. The first-order valence-corrected chi connectivity index (χ1v) is 5.87. The third-order valence-corrected chi connectivity index (χ3v) is 2.79. The number of nitrogens with zero attached hydrogens (tertiary/aromatic N) is 3. The van der Waals surface area contributed by atoms with E-state index in [9.17, 15) is 10.1 Å². The molecule has 110 valence electrons. The molecule has 0 saturated heterocycles. The molecule has 1 aromatic carbocycles. The molecule has 0 radical (unpaired) electrons. The van der Waals surface area contributed by atoms with Gasteiger partial charge in [-0.05, 0) is 12.1 Å². The standard InChI is InChI=1S/C13H13N3O5/c1-19-9-4-8(5-10(6-9)20-2)11-12(16(17)18)13(21-3)15-7-14-11/h4-7H,1-3H3. The van der Waals surface area contributed by atoms with Crippen LogP contribution >= 0.6 is 0 Å². The van der Waals surface area contributed by atoms with Gasteiger partial charge in [0.2, 0.25) is 0 Å². The number of hydrogen-bond donors (Lipinski definition) is 0. The van der Waals surface area contributed by atoms with E-state index in [1.165, 1.54) is 27.7 Å². The fourth-order valence-corrected chi connectivity index (χ4v) is 1.83. The van der Waals surface area contributed by atoms with Gasteiger partial charge in [0.25, 0.3) is 5.88 Å². The minimum atomic E-state index is -0.583. The van der Waals surface area contributed by atoms with Gasteiger partial charge in [0.05, 0.1) is 26.3 Å². The van der Waals surface area contributed by atoms with Gasteiger partial charge in [-0.1, -0.05) is 0 Å². The molecule has 0 unspecified atom stereocenters. The summed E-state index contributed by atoms with van der Waals surface area (Å²) in [4.78, 5) is 18.4. The third-order valence-electron chi connectivity index (χ3n) is 2.79. The van der Waals surface area contributed by atoms with Gasteiger partial charge >= 0.3 is 5.69 Å². The van der Waals surface area contributed by atoms with Crippen LogP contribution < -0.4 is 14.2 Å². The summed E-state index contributed by atoms with van der Waals surface area (Å²) < 4.78 is 15.2. The smallest absolute Gasteiger partial charge is 0.356 e. The maximum atomic E-state index is 11.3. The van der Waals surface area contributed by atoms with Crippen molar-refractivity contribution in [2.24, 2.45) is 0 Å². The number of methoxy groups -OCH3 is 3. The van der Waals surface area contributed by atoms with Gasteiger partial charge in [-0.25, -0.2) is 4.98 Å². The molecule has 0 bridgehead atoms. The molecule has 0 atom stereocenters. The topological polar surface area (TPSA) is 96.6 Å². The van der Waals surface area contributed by atoms with Crippen LogP contribution in [0.3, 0.4) is 0 Å². The second-order valence-corrected chi connectivity index (χ2v) is 3.94. The quantitative estimate of drug-likeness (QED) is 0.614. The van der Waals surface area contributed by atoms with Crippen molar-refractivity contribution >= 4 is 5.69 Å². The minimum Gasteiger partial charge on any atom is -0.497 e.